The van der Waals surface area contributed by atoms with Crippen molar-refractivity contribution in [2.75, 3.05) is 18.7 Å². The quantitative estimate of drug-likeness (QED) is 0.654. The molecule has 1 aromatic carbocycles. The number of benzene rings is 1. The Morgan fingerprint density at radius 1 is 1.14 bits per heavy atom. The van der Waals surface area contributed by atoms with Crippen LogP contribution in [0.5, 0.6) is 11.5 Å². The molecule has 0 radical (unpaired) electrons. The maximum absolute atomic E-state index is 5.89. The van der Waals surface area contributed by atoms with Crippen molar-refractivity contribution in [1.29, 1.82) is 0 Å². The van der Waals surface area contributed by atoms with E-state index >= 15 is 0 Å². The van der Waals surface area contributed by atoms with Crippen molar-refractivity contribution in [3.8, 4) is 11.5 Å². The average molecular weight is 287 g/mol. The Bertz CT molecular complexity index is 600. The molecule has 1 aromatic heterocycles. The van der Waals surface area contributed by atoms with Crippen molar-refractivity contribution in [2.24, 2.45) is 5.84 Å². The Morgan fingerprint density at radius 2 is 1.90 bits per heavy atom. The third-order valence-electron chi connectivity index (χ3n) is 3.12. The molecule has 5 heteroatoms. The zero-order valence-corrected chi connectivity index (χ0v) is 12.7. The van der Waals surface area contributed by atoms with Gasteiger partial charge in [-0.05, 0) is 38.1 Å². The van der Waals surface area contributed by atoms with E-state index in [1.165, 1.54) is 0 Å². The summed E-state index contributed by atoms with van der Waals surface area (Å²) in [4.78, 5) is 4.22. The van der Waals surface area contributed by atoms with E-state index in [0.717, 1.165) is 28.4 Å². The average Bonchev–Trinajstić information content (AvgIpc) is 2.47. The zero-order valence-electron chi connectivity index (χ0n) is 12.7. The van der Waals surface area contributed by atoms with E-state index in [4.69, 9.17) is 15.3 Å². The lowest BCUT2D eigenvalue weighted by molar-refractivity contribution is 0.284. The van der Waals surface area contributed by atoms with Crippen LogP contribution >= 0.6 is 0 Å². The van der Waals surface area contributed by atoms with Crippen LogP contribution in [0.4, 0.5) is 5.69 Å². The van der Waals surface area contributed by atoms with Crippen LogP contribution in [-0.2, 0) is 6.61 Å². The predicted octanol–water partition coefficient (Wildman–Crippen LogP) is 2.68. The molecule has 5 nitrogen and oxygen atoms in total. The summed E-state index contributed by atoms with van der Waals surface area (Å²) in [5.74, 6) is 7.43. The molecule has 0 atom stereocenters. The lowest BCUT2D eigenvalue weighted by Gasteiger charge is -2.20. The van der Waals surface area contributed by atoms with Crippen LogP contribution in [0.15, 0.2) is 36.5 Å². The number of hydrogen-bond donors (Lipinski definition) is 1. The number of anilines is 1. The van der Waals surface area contributed by atoms with Gasteiger partial charge in [-0.1, -0.05) is 6.07 Å². The summed E-state index contributed by atoms with van der Waals surface area (Å²) in [7, 11) is 1.80. The molecular weight excluding hydrogens is 266 g/mol. The van der Waals surface area contributed by atoms with Crippen LogP contribution in [-0.4, -0.2) is 18.6 Å². The number of pyridine rings is 1. The third-order valence-corrected chi connectivity index (χ3v) is 3.12. The Balaban J connectivity index is 2.27. The standard InChI is InChI=1S/C16H21N3O2/c1-4-20-16-8-5-7-14(19(3)17)13(16)11-21-15-9-6-10-18-12(15)2/h5-10H,4,11,17H2,1-3H3. The molecule has 112 valence electrons. The number of aromatic nitrogens is 1. The molecule has 0 bridgehead atoms. The predicted molar refractivity (Wildman–Crippen MR) is 83.5 cm³/mol. The Labute approximate surface area is 125 Å². The highest BCUT2D eigenvalue weighted by atomic mass is 16.5. The van der Waals surface area contributed by atoms with Crippen molar-refractivity contribution in [3.05, 3.63) is 47.8 Å². The van der Waals surface area contributed by atoms with Gasteiger partial charge in [-0.2, -0.15) is 0 Å². The van der Waals surface area contributed by atoms with Crippen LogP contribution in [0.1, 0.15) is 18.2 Å². The van der Waals surface area contributed by atoms with E-state index < -0.39 is 0 Å². The summed E-state index contributed by atoms with van der Waals surface area (Å²) in [6, 6.07) is 9.54. The van der Waals surface area contributed by atoms with Gasteiger partial charge in [0.1, 0.15) is 18.1 Å². The van der Waals surface area contributed by atoms with Gasteiger partial charge in [-0.25, -0.2) is 5.84 Å². The van der Waals surface area contributed by atoms with Crippen molar-refractivity contribution in [3.63, 3.8) is 0 Å². The maximum Gasteiger partial charge on any atom is 0.141 e. The summed E-state index contributed by atoms with van der Waals surface area (Å²) in [6.07, 6.45) is 1.75. The second-order valence-corrected chi connectivity index (χ2v) is 4.67. The summed E-state index contributed by atoms with van der Waals surface area (Å²) >= 11 is 0. The lowest BCUT2D eigenvalue weighted by Crippen LogP contribution is -2.26. The molecule has 2 rings (SSSR count). The Kier molecular flexibility index (Phi) is 5.00. The number of hydrazine groups is 1. The molecular formula is C16H21N3O2. The molecule has 1 heterocycles. The maximum atomic E-state index is 5.89. The molecule has 0 fully saturated rings. The number of hydrogen-bond acceptors (Lipinski definition) is 5. The van der Waals surface area contributed by atoms with Gasteiger partial charge in [0.25, 0.3) is 0 Å². The van der Waals surface area contributed by atoms with Gasteiger partial charge in [0.05, 0.1) is 23.6 Å². The molecule has 0 aliphatic carbocycles. The molecule has 21 heavy (non-hydrogen) atoms. The fraction of sp³-hybridized carbons (Fsp3) is 0.312. The highest BCUT2D eigenvalue weighted by molar-refractivity contribution is 5.58. The normalized spacial score (nSPS) is 10.3. The number of nitrogens with zero attached hydrogens (tertiary/aromatic N) is 2. The van der Waals surface area contributed by atoms with E-state index in [1.54, 1.807) is 18.3 Å². The second kappa shape index (κ2) is 6.95. The molecule has 0 unspecified atom stereocenters. The number of aryl methyl sites for hydroxylation is 1. The third kappa shape index (κ3) is 3.64. The summed E-state index contributed by atoms with van der Waals surface area (Å²) in [6.45, 7) is 4.84. The van der Waals surface area contributed by atoms with Crippen LogP contribution in [0.2, 0.25) is 0 Å². The van der Waals surface area contributed by atoms with Crippen LogP contribution in [0, 0.1) is 6.92 Å². The second-order valence-electron chi connectivity index (χ2n) is 4.67. The van der Waals surface area contributed by atoms with Crippen molar-refractivity contribution < 1.29 is 9.47 Å². The Hall–Kier alpha value is -2.27. The first kappa shape index (κ1) is 15.1. The monoisotopic (exact) mass is 287 g/mol. The van der Waals surface area contributed by atoms with Gasteiger partial charge in [-0.3, -0.25) is 4.98 Å². The molecule has 2 N–H and O–H groups in total. The molecule has 0 aliphatic heterocycles. The summed E-state index contributed by atoms with van der Waals surface area (Å²) in [5.41, 5.74) is 2.66. The topological polar surface area (TPSA) is 60.6 Å². The molecule has 2 aromatic rings. The van der Waals surface area contributed by atoms with E-state index in [2.05, 4.69) is 4.98 Å². The number of nitrogens with two attached hydrogens (primary N) is 1. The SMILES string of the molecule is CCOc1cccc(N(C)N)c1COc1cccnc1C. The first-order valence-electron chi connectivity index (χ1n) is 6.91. The van der Waals surface area contributed by atoms with E-state index in [-0.39, 0.29) is 0 Å². The van der Waals surface area contributed by atoms with E-state index in [9.17, 15) is 0 Å². The van der Waals surface area contributed by atoms with Gasteiger partial charge in [0.15, 0.2) is 0 Å². The summed E-state index contributed by atoms with van der Waals surface area (Å²) < 4.78 is 11.5. The minimum atomic E-state index is 0.375. The highest BCUT2D eigenvalue weighted by Crippen LogP contribution is 2.29. The molecule has 0 saturated carbocycles. The smallest absolute Gasteiger partial charge is 0.141 e. The Morgan fingerprint density at radius 3 is 2.57 bits per heavy atom. The van der Waals surface area contributed by atoms with Crippen molar-refractivity contribution in [2.45, 2.75) is 20.5 Å². The number of rotatable bonds is 6. The van der Waals surface area contributed by atoms with E-state index in [0.29, 0.717) is 13.2 Å². The lowest BCUT2D eigenvalue weighted by atomic mass is 10.1. The molecule has 0 saturated heterocycles. The van der Waals surface area contributed by atoms with Gasteiger partial charge >= 0.3 is 0 Å². The minimum absolute atomic E-state index is 0.375. The molecule has 0 aliphatic rings. The zero-order chi connectivity index (χ0) is 15.2. The van der Waals surface area contributed by atoms with Crippen LogP contribution < -0.4 is 20.3 Å². The highest BCUT2D eigenvalue weighted by Gasteiger charge is 2.13. The van der Waals surface area contributed by atoms with Gasteiger partial charge in [-0.15, -0.1) is 0 Å². The number of ether oxygens (including phenoxy) is 2. The molecule has 0 spiro atoms. The fourth-order valence-corrected chi connectivity index (χ4v) is 2.09. The molecule has 0 amide bonds. The van der Waals surface area contributed by atoms with Crippen molar-refractivity contribution >= 4 is 5.69 Å². The van der Waals surface area contributed by atoms with Gasteiger partial charge < -0.3 is 14.5 Å². The van der Waals surface area contributed by atoms with Crippen molar-refractivity contribution in [1.82, 2.24) is 4.98 Å². The van der Waals surface area contributed by atoms with Gasteiger partial charge in [0, 0.05) is 13.2 Å². The first-order chi connectivity index (χ1) is 10.1. The minimum Gasteiger partial charge on any atom is -0.493 e. The van der Waals surface area contributed by atoms with Crippen LogP contribution in [0.25, 0.3) is 0 Å². The fourth-order valence-electron chi connectivity index (χ4n) is 2.09. The van der Waals surface area contributed by atoms with Crippen LogP contribution in [0.3, 0.4) is 0 Å². The summed E-state index contributed by atoms with van der Waals surface area (Å²) in [5, 5.41) is 1.57. The van der Waals surface area contributed by atoms with Gasteiger partial charge in [0.2, 0.25) is 0 Å². The van der Waals surface area contributed by atoms with E-state index in [1.807, 2.05) is 44.2 Å². The first-order valence-corrected chi connectivity index (χ1v) is 6.91. The largest absolute Gasteiger partial charge is 0.493 e.